The van der Waals surface area contributed by atoms with Gasteiger partial charge in [0.1, 0.15) is 17.5 Å². The van der Waals surface area contributed by atoms with Crippen LogP contribution in [-0.4, -0.2) is 64.9 Å². The number of carboxylic acids is 1. The van der Waals surface area contributed by atoms with E-state index in [-0.39, 0.29) is 42.8 Å². The maximum atomic E-state index is 12.7. The number of hydrogen-bond acceptors (Lipinski definition) is 8. The van der Waals surface area contributed by atoms with Gasteiger partial charge in [0.15, 0.2) is 23.9 Å². The predicted octanol–water partition coefficient (Wildman–Crippen LogP) is 1.46. The summed E-state index contributed by atoms with van der Waals surface area (Å²) in [5.74, 6) is -0.0984. The lowest BCUT2D eigenvalue weighted by atomic mass is 10.1. The molecule has 0 saturated carbocycles. The Labute approximate surface area is 187 Å². The number of fused-ring (bicyclic) bond motifs is 2. The predicted molar refractivity (Wildman–Crippen MR) is 111 cm³/mol. The number of allylic oxidation sites excluding steroid dienone is 1. The average Bonchev–Trinajstić information content (AvgIpc) is 3.49. The Balaban J connectivity index is 1.27. The number of carbonyl (C=O) groups excluding carboxylic acids is 2. The van der Waals surface area contributed by atoms with Crippen LogP contribution in [0, 0.1) is 0 Å². The minimum atomic E-state index is -1.17. The molecule has 170 valence electrons. The highest BCUT2D eigenvalue weighted by atomic mass is 16.7. The fourth-order valence-corrected chi connectivity index (χ4v) is 3.96. The van der Waals surface area contributed by atoms with Gasteiger partial charge in [0, 0.05) is 19.0 Å². The van der Waals surface area contributed by atoms with E-state index in [0.717, 1.165) is 4.90 Å². The molecule has 2 aromatic rings. The lowest BCUT2D eigenvalue weighted by Crippen LogP contribution is -2.42. The Hall–Kier alpha value is -4.05. The van der Waals surface area contributed by atoms with Gasteiger partial charge in [-0.2, -0.15) is 0 Å². The molecule has 1 saturated heterocycles. The molecule has 0 aliphatic carbocycles. The minimum Gasteiger partial charge on any atom is -0.484 e. The van der Waals surface area contributed by atoms with Crippen LogP contribution in [0.3, 0.4) is 0 Å². The van der Waals surface area contributed by atoms with Crippen LogP contribution in [0.25, 0.3) is 6.08 Å². The zero-order chi connectivity index (χ0) is 23.1. The standard InChI is InChI=1S/C23H19NO9/c25-13-7-16(23(28)29)24(9-13)21(26)10-30-14-2-3-15-18(8-14)33-20(22(15)27)6-12-1-4-17-19(5-12)32-11-31-17/h1-6,8,13,16,25H,7,9-11H2,(H,28,29)/b20-6-/t13?,16-/m0/s1. The van der Waals surface area contributed by atoms with Crippen LogP contribution in [0.15, 0.2) is 42.2 Å². The Morgan fingerprint density at radius 3 is 2.76 bits per heavy atom. The van der Waals surface area contributed by atoms with Gasteiger partial charge in [0.25, 0.3) is 5.91 Å². The number of aliphatic carboxylic acids is 1. The maximum absolute atomic E-state index is 12.7. The summed E-state index contributed by atoms with van der Waals surface area (Å²) < 4.78 is 21.8. The Bertz CT molecular complexity index is 1190. The average molecular weight is 453 g/mol. The molecule has 3 aliphatic rings. The number of rotatable bonds is 5. The second kappa shape index (κ2) is 8.14. The summed E-state index contributed by atoms with van der Waals surface area (Å²) in [6.45, 7) is -0.324. The van der Waals surface area contributed by atoms with Crippen molar-refractivity contribution in [2.75, 3.05) is 19.9 Å². The molecular formula is C23H19NO9. The van der Waals surface area contributed by atoms with Gasteiger partial charge in [0.2, 0.25) is 12.6 Å². The van der Waals surface area contributed by atoms with Crippen molar-refractivity contribution in [3.63, 3.8) is 0 Å². The summed E-state index contributed by atoms with van der Waals surface area (Å²) in [6, 6.07) is 8.75. The Kier molecular flexibility index (Phi) is 5.14. The van der Waals surface area contributed by atoms with Crippen LogP contribution >= 0.6 is 0 Å². The molecule has 10 heteroatoms. The van der Waals surface area contributed by atoms with E-state index in [0.29, 0.717) is 22.6 Å². The third-order valence-corrected chi connectivity index (χ3v) is 5.58. The molecule has 33 heavy (non-hydrogen) atoms. The van der Waals surface area contributed by atoms with E-state index < -0.39 is 30.6 Å². The summed E-state index contributed by atoms with van der Waals surface area (Å²) in [5.41, 5.74) is 1.06. The number of aliphatic hydroxyl groups is 1. The molecule has 0 bridgehead atoms. The number of ketones is 1. The molecular weight excluding hydrogens is 434 g/mol. The van der Waals surface area contributed by atoms with E-state index in [1.165, 1.54) is 18.2 Å². The molecule has 1 amide bonds. The number of ether oxygens (including phenoxy) is 4. The number of likely N-dealkylation sites (tertiary alicyclic amines) is 1. The molecule has 1 unspecified atom stereocenters. The van der Waals surface area contributed by atoms with Gasteiger partial charge in [-0.3, -0.25) is 9.59 Å². The van der Waals surface area contributed by atoms with Crippen molar-refractivity contribution in [2.45, 2.75) is 18.6 Å². The monoisotopic (exact) mass is 453 g/mol. The number of carboxylic acid groups (broad SMARTS) is 1. The van der Waals surface area contributed by atoms with Crippen LogP contribution in [-0.2, 0) is 9.59 Å². The van der Waals surface area contributed by atoms with Crippen LogP contribution in [0.5, 0.6) is 23.0 Å². The fraction of sp³-hybridized carbons (Fsp3) is 0.261. The molecule has 1 fully saturated rings. The van der Waals surface area contributed by atoms with Crippen LogP contribution in [0.4, 0.5) is 0 Å². The summed E-state index contributed by atoms with van der Waals surface area (Å²) in [5, 5.41) is 18.9. The van der Waals surface area contributed by atoms with Crippen molar-refractivity contribution in [3.8, 4) is 23.0 Å². The largest absolute Gasteiger partial charge is 0.484 e. The van der Waals surface area contributed by atoms with E-state index in [2.05, 4.69) is 0 Å². The highest BCUT2D eigenvalue weighted by Gasteiger charge is 2.39. The number of aliphatic hydroxyl groups excluding tert-OH is 1. The van der Waals surface area contributed by atoms with Gasteiger partial charge in [-0.25, -0.2) is 4.79 Å². The maximum Gasteiger partial charge on any atom is 0.326 e. The highest BCUT2D eigenvalue weighted by molar-refractivity contribution is 6.14. The van der Waals surface area contributed by atoms with E-state index in [1.807, 2.05) is 0 Å². The quantitative estimate of drug-likeness (QED) is 0.646. The summed E-state index contributed by atoms with van der Waals surface area (Å²) >= 11 is 0. The molecule has 3 aliphatic heterocycles. The van der Waals surface area contributed by atoms with Crippen LogP contribution in [0.2, 0.25) is 0 Å². The van der Waals surface area contributed by atoms with Gasteiger partial charge in [-0.05, 0) is 35.9 Å². The fourth-order valence-electron chi connectivity index (χ4n) is 3.96. The molecule has 3 heterocycles. The first-order valence-corrected chi connectivity index (χ1v) is 10.2. The van der Waals surface area contributed by atoms with Gasteiger partial charge in [-0.1, -0.05) is 6.07 Å². The van der Waals surface area contributed by atoms with Gasteiger partial charge < -0.3 is 34.1 Å². The van der Waals surface area contributed by atoms with E-state index in [9.17, 15) is 24.6 Å². The zero-order valence-electron chi connectivity index (χ0n) is 17.2. The second-order valence-corrected chi connectivity index (χ2v) is 7.79. The lowest BCUT2D eigenvalue weighted by molar-refractivity contribution is -0.148. The number of Topliss-reactive ketones (excluding diaryl/α,β-unsaturated/α-hetero) is 1. The topological polar surface area (TPSA) is 132 Å². The van der Waals surface area contributed by atoms with Crippen molar-refractivity contribution < 1.29 is 43.5 Å². The Morgan fingerprint density at radius 1 is 1.12 bits per heavy atom. The van der Waals surface area contributed by atoms with Crippen molar-refractivity contribution in [2.24, 2.45) is 0 Å². The molecule has 10 nitrogen and oxygen atoms in total. The third kappa shape index (κ3) is 3.96. The van der Waals surface area contributed by atoms with Crippen molar-refractivity contribution in [1.82, 2.24) is 4.90 Å². The SMILES string of the molecule is O=C1/C(=C/c2ccc3c(c2)OCO3)Oc2cc(OCC(=O)N3CC(O)C[C@H]3C(=O)O)ccc21. The van der Waals surface area contributed by atoms with E-state index in [4.69, 9.17) is 18.9 Å². The van der Waals surface area contributed by atoms with Crippen LogP contribution in [0.1, 0.15) is 22.3 Å². The minimum absolute atomic E-state index is 0.0195. The molecule has 0 aromatic heterocycles. The normalized spacial score (nSPS) is 21.8. The first kappa shape index (κ1) is 20.8. The third-order valence-electron chi connectivity index (χ3n) is 5.58. The number of β-amino-alcohol motifs (C(OH)–C–C–N with tert-alkyl or cyclic N) is 1. The summed E-state index contributed by atoms with van der Waals surface area (Å²) in [6.07, 6.45) is 0.692. The van der Waals surface area contributed by atoms with Crippen molar-refractivity contribution in [3.05, 3.63) is 53.3 Å². The van der Waals surface area contributed by atoms with Crippen molar-refractivity contribution in [1.29, 1.82) is 0 Å². The zero-order valence-corrected chi connectivity index (χ0v) is 17.2. The molecule has 0 radical (unpaired) electrons. The van der Waals surface area contributed by atoms with Gasteiger partial charge in [0.05, 0.1) is 11.7 Å². The molecule has 0 spiro atoms. The molecule has 2 N–H and O–H groups in total. The Morgan fingerprint density at radius 2 is 1.94 bits per heavy atom. The molecule has 5 rings (SSSR count). The lowest BCUT2D eigenvalue weighted by Gasteiger charge is -2.21. The highest BCUT2D eigenvalue weighted by Crippen LogP contribution is 2.37. The smallest absolute Gasteiger partial charge is 0.326 e. The summed E-state index contributed by atoms with van der Waals surface area (Å²) in [7, 11) is 0. The second-order valence-electron chi connectivity index (χ2n) is 7.79. The summed E-state index contributed by atoms with van der Waals surface area (Å²) in [4.78, 5) is 37.5. The first-order chi connectivity index (χ1) is 15.9. The molecule has 2 atom stereocenters. The van der Waals surface area contributed by atoms with E-state index >= 15 is 0 Å². The van der Waals surface area contributed by atoms with Gasteiger partial charge >= 0.3 is 5.97 Å². The van der Waals surface area contributed by atoms with E-state index in [1.54, 1.807) is 24.3 Å². The number of hydrogen-bond donors (Lipinski definition) is 2. The van der Waals surface area contributed by atoms with Crippen molar-refractivity contribution >= 4 is 23.7 Å². The first-order valence-electron chi connectivity index (χ1n) is 10.2. The number of amides is 1. The molecule has 2 aromatic carbocycles. The number of benzene rings is 2. The number of carbonyl (C=O) groups is 3. The van der Waals surface area contributed by atoms with Gasteiger partial charge in [-0.15, -0.1) is 0 Å². The number of nitrogens with zero attached hydrogens (tertiary/aromatic N) is 1. The van der Waals surface area contributed by atoms with Crippen LogP contribution < -0.4 is 18.9 Å².